The molecule has 116 valence electrons. The zero-order valence-corrected chi connectivity index (χ0v) is 12.4. The lowest BCUT2D eigenvalue weighted by molar-refractivity contribution is -0.139. The van der Waals surface area contributed by atoms with Crippen LogP contribution in [-0.4, -0.2) is 35.6 Å². The molecule has 0 spiro atoms. The summed E-state index contributed by atoms with van der Waals surface area (Å²) in [5.41, 5.74) is 1.11. The quantitative estimate of drug-likeness (QED) is 0.654. The summed E-state index contributed by atoms with van der Waals surface area (Å²) in [5, 5.41) is 12.2. The molecule has 6 nitrogen and oxygen atoms in total. The van der Waals surface area contributed by atoms with E-state index in [9.17, 15) is 14.7 Å². The normalized spacial score (nSPS) is 9.43. The van der Waals surface area contributed by atoms with Crippen molar-refractivity contribution in [2.45, 2.75) is 0 Å². The van der Waals surface area contributed by atoms with Gasteiger partial charge >= 0.3 is 5.97 Å². The summed E-state index contributed by atoms with van der Waals surface area (Å²) >= 11 is 0. The molecule has 0 saturated heterocycles. The lowest BCUT2D eigenvalue weighted by atomic mass is 10.2. The van der Waals surface area contributed by atoms with Crippen molar-refractivity contribution in [3.63, 3.8) is 0 Å². The topological polar surface area (TPSA) is 88.5 Å². The zero-order chi connectivity index (χ0) is 16.7. The van der Waals surface area contributed by atoms with Gasteiger partial charge in [-0.3, -0.25) is 9.59 Å². The van der Waals surface area contributed by atoms with Crippen LogP contribution in [0.25, 0.3) is 0 Å². The number of esters is 1. The molecule has 6 heteroatoms. The van der Waals surface area contributed by atoms with Gasteiger partial charge in [-0.05, 0) is 18.2 Å². The summed E-state index contributed by atoms with van der Waals surface area (Å²) in [6, 6.07) is 10.7. The van der Waals surface area contributed by atoms with Crippen molar-refractivity contribution in [1.82, 2.24) is 10.3 Å². The van der Waals surface area contributed by atoms with Crippen molar-refractivity contribution in [2.24, 2.45) is 0 Å². The molecule has 1 amide bonds. The summed E-state index contributed by atoms with van der Waals surface area (Å²) in [4.78, 5) is 26.6. The van der Waals surface area contributed by atoms with Crippen molar-refractivity contribution < 1.29 is 19.4 Å². The number of hydrogen-bond donors (Lipinski definition) is 2. The number of rotatable bonds is 3. The summed E-state index contributed by atoms with van der Waals surface area (Å²) in [6.45, 7) is -0.300. The molecule has 1 heterocycles. The summed E-state index contributed by atoms with van der Waals surface area (Å²) in [5.74, 6) is 4.19. The van der Waals surface area contributed by atoms with Crippen molar-refractivity contribution >= 4 is 11.9 Å². The SMILES string of the molecule is COC(=O)CNC(=O)c1ncc(C#Cc2ccccc2)cc1O. The first-order chi connectivity index (χ1) is 11.1. The number of benzene rings is 1. The second-order valence-electron chi connectivity index (χ2n) is 4.47. The smallest absolute Gasteiger partial charge is 0.325 e. The van der Waals surface area contributed by atoms with Gasteiger partial charge in [0.1, 0.15) is 12.3 Å². The highest BCUT2D eigenvalue weighted by molar-refractivity contribution is 5.96. The lowest BCUT2D eigenvalue weighted by Crippen LogP contribution is -2.30. The van der Waals surface area contributed by atoms with E-state index in [1.807, 2.05) is 30.3 Å². The van der Waals surface area contributed by atoms with E-state index in [0.29, 0.717) is 5.56 Å². The maximum atomic E-state index is 11.8. The average molecular weight is 310 g/mol. The number of hydrogen-bond acceptors (Lipinski definition) is 5. The molecule has 2 aromatic rings. The Balaban J connectivity index is 2.10. The van der Waals surface area contributed by atoms with Crippen molar-refractivity contribution in [2.75, 3.05) is 13.7 Å². The highest BCUT2D eigenvalue weighted by atomic mass is 16.5. The van der Waals surface area contributed by atoms with E-state index in [1.165, 1.54) is 19.4 Å². The number of aromatic hydroxyl groups is 1. The molecule has 0 atom stereocenters. The lowest BCUT2D eigenvalue weighted by Gasteiger charge is -2.05. The minimum atomic E-state index is -0.671. The van der Waals surface area contributed by atoms with Crippen LogP contribution in [0, 0.1) is 11.8 Å². The van der Waals surface area contributed by atoms with Crippen LogP contribution < -0.4 is 5.32 Å². The molecule has 0 bridgehead atoms. The molecule has 0 saturated carbocycles. The molecule has 0 fully saturated rings. The van der Waals surface area contributed by atoms with Crippen LogP contribution >= 0.6 is 0 Å². The van der Waals surface area contributed by atoms with Gasteiger partial charge in [-0.25, -0.2) is 4.98 Å². The Labute approximate surface area is 133 Å². The van der Waals surface area contributed by atoms with E-state index < -0.39 is 11.9 Å². The number of pyridine rings is 1. The maximum Gasteiger partial charge on any atom is 0.325 e. The second-order valence-corrected chi connectivity index (χ2v) is 4.47. The van der Waals surface area contributed by atoms with Crippen LogP contribution in [0.2, 0.25) is 0 Å². The number of carbonyl (C=O) groups excluding carboxylic acids is 2. The predicted octanol–water partition coefficient (Wildman–Crippen LogP) is 1.09. The molecule has 23 heavy (non-hydrogen) atoms. The number of methoxy groups -OCH3 is 1. The Kier molecular flexibility index (Phi) is 5.31. The van der Waals surface area contributed by atoms with Gasteiger partial charge in [0, 0.05) is 17.3 Å². The maximum absolute atomic E-state index is 11.8. The number of nitrogens with one attached hydrogen (secondary N) is 1. The Hall–Kier alpha value is -3.33. The Morgan fingerprint density at radius 3 is 2.57 bits per heavy atom. The van der Waals surface area contributed by atoms with E-state index >= 15 is 0 Å². The fourth-order valence-electron chi connectivity index (χ4n) is 1.67. The summed E-state index contributed by atoms with van der Waals surface area (Å²) in [7, 11) is 1.21. The average Bonchev–Trinajstić information content (AvgIpc) is 2.58. The molecule has 0 radical (unpaired) electrons. The number of nitrogens with zero attached hydrogens (tertiary/aromatic N) is 1. The second kappa shape index (κ2) is 7.61. The van der Waals surface area contributed by atoms with Gasteiger partial charge in [0.2, 0.25) is 0 Å². The molecule has 2 rings (SSSR count). The minimum absolute atomic E-state index is 0.181. The van der Waals surface area contributed by atoms with Gasteiger partial charge in [0.25, 0.3) is 5.91 Å². The molecule has 0 aliphatic heterocycles. The van der Waals surface area contributed by atoms with Crippen LogP contribution in [0.15, 0.2) is 42.6 Å². The Morgan fingerprint density at radius 2 is 1.91 bits per heavy atom. The number of amides is 1. The predicted molar refractivity (Wildman–Crippen MR) is 82.7 cm³/mol. The molecule has 2 N–H and O–H groups in total. The standard InChI is InChI=1S/C17H14N2O4/c1-23-15(21)11-19-17(22)16-14(20)9-13(10-18-16)8-7-12-5-3-2-4-6-12/h2-6,9-10,20H,11H2,1H3,(H,19,22). The van der Waals surface area contributed by atoms with E-state index in [2.05, 4.69) is 26.9 Å². The number of carbonyl (C=O) groups is 2. The van der Waals surface area contributed by atoms with Crippen molar-refractivity contribution in [1.29, 1.82) is 0 Å². The highest BCUT2D eigenvalue weighted by Crippen LogP contribution is 2.15. The van der Waals surface area contributed by atoms with Gasteiger partial charge in [-0.1, -0.05) is 30.0 Å². The first-order valence-electron chi connectivity index (χ1n) is 6.71. The largest absolute Gasteiger partial charge is 0.505 e. The third-order valence-corrected chi connectivity index (χ3v) is 2.83. The third-order valence-electron chi connectivity index (χ3n) is 2.83. The minimum Gasteiger partial charge on any atom is -0.505 e. The molecular weight excluding hydrogens is 296 g/mol. The van der Waals surface area contributed by atoms with Gasteiger partial charge in [0.05, 0.1) is 7.11 Å². The van der Waals surface area contributed by atoms with Crippen LogP contribution in [0.4, 0.5) is 0 Å². The van der Waals surface area contributed by atoms with E-state index in [-0.39, 0.29) is 18.0 Å². The van der Waals surface area contributed by atoms with Crippen LogP contribution in [0.5, 0.6) is 5.75 Å². The summed E-state index contributed by atoms with van der Waals surface area (Å²) < 4.78 is 4.40. The molecule has 1 aromatic carbocycles. The highest BCUT2D eigenvalue weighted by Gasteiger charge is 2.14. The fraction of sp³-hybridized carbons (Fsp3) is 0.118. The molecule has 0 unspecified atom stereocenters. The first-order valence-corrected chi connectivity index (χ1v) is 6.71. The van der Waals surface area contributed by atoms with Crippen LogP contribution in [0.1, 0.15) is 21.6 Å². The molecular formula is C17H14N2O4. The van der Waals surface area contributed by atoms with Gasteiger partial charge < -0.3 is 15.2 Å². The van der Waals surface area contributed by atoms with Crippen LogP contribution in [-0.2, 0) is 9.53 Å². The monoisotopic (exact) mass is 310 g/mol. The fourth-order valence-corrected chi connectivity index (χ4v) is 1.67. The molecule has 0 aliphatic rings. The van der Waals surface area contributed by atoms with E-state index in [4.69, 9.17) is 0 Å². The zero-order valence-electron chi connectivity index (χ0n) is 12.4. The molecule has 1 aromatic heterocycles. The summed E-state index contributed by atoms with van der Waals surface area (Å²) in [6.07, 6.45) is 1.38. The van der Waals surface area contributed by atoms with Crippen LogP contribution in [0.3, 0.4) is 0 Å². The number of aromatic nitrogens is 1. The Morgan fingerprint density at radius 1 is 1.22 bits per heavy atom. The van der Waals surface area contributed by atoms with Gasteiger partial charge in [-0.2, -0.15) is 0 Å². The van der Waals surface area contributed by atoms with Gasteiger partial charge in [0.15, 0.2) is 5.69 Å². The van der Waals surface area contributed by atoms with Crippen molar-refractivity contribution in [3.05, 3.63) is 59.4 Å². The number of ether oxygens (including phenoxy) is 1. The first kappa shape index (κ1) is 16.0. The molecule has 0 aliphatic carbocycles. The third kappa shape index (κ3) is 4.58. The Bertz CT molecular complexity index is 776. The van der Waals surface area contributed by atoms with Crippen molar-refractivity contribution in [3.8, 4) is 17.6 Å². The van der Waals surface area contributed by atoms with E-state index in [1.54, 1.807) is 0 Å². The van der Waals surface area contributed by atoms with E-state index in [0.717, 1.165) is 5.56 Å². The van der Waals surface area contributed by atoms with Gasteiger partial charge in [-0.15, -0.1) is 0 Å².